The Morgan fingerprint density at radius 1 is 1.50 bits per heavy atom. The van der Waals surface area contributed by atoms with E-state index in [0.717, 1.165) is 0 Å². The maximum Gasteiger partial charge on any atom is 0.303 e. The van der Waals surface area contributed by atoms with Crippen LogP contribution in [-0.4, -0.2) is 48.4 Å². The molecule has 2 rings (SSSR count). The molecule has 0 radical (unpaired) electrons. The van der Waals surface area contributed by atoms with Crippen molar-refractivity contribution in [2.45, 2.75) is 37.8 Å². The number of rotatable bonds is 2. The Labute approximate surface area is 92.9 Å². The first-order valence-electron chi connectivity index (χ1n) is 5.27. The van der Waals surface area contributed by atoms with E-state index in [4.69, 9.17) is 9.47 Å². The van der Waals surface area contributed by atoms with E-state index in [1.54, 1.807) is 7.05 Å². The average molecular weight is 229 g/mol. The van der Waals surface area contributed by atoms with Gasteiger partial charge in [0.2, 0.25) is 5.91 Å². The van der Waals surface area contributed by atoms with Gasteiger partial charge in [0.15, 0.2) is 6.10 Å². The summed E-state index contributed by atoms with van der Waals surface area (Å²) in [6.07, 6.45) is -1.99. The highest BCUT2D eigenvalue weighted by Crippen LogP contribution is 2.40. The maximum atomic E-state index is 11.5. The predicted molar refractivity (Wildman–Crippen MR) is 52.4 cm³/mol. The quantitative estimate of drug-likeness (QED) is 0.582. The fraction of sp³-hybridized carbons (Fsp3) is 0.800. The van der Waals surface area contributed by atoms with Crippen LogP contribution in [0.4, 0.5) is 0 Å². The van der Waals surface area contributed by atoms with Gasteiger partial charge in [0.25, 0.3) is 0 Å². The standard InChI is InChI=1S/C10H15NO5/c1-4(12)15-9-6-3-5(10(14)11-2)8(16-6)7(9)13/h5-9,13H,3H2,1-2H3,(H,11,14). The van der Waals surface area contributed by atoms with Gasteiger partial charge in [-0.1, -0.05) is 0 Å². The third-order valence-electron chi connectivity index (χ3n) is 3.14. The largest absolute Gasteiger partial charge is 0.457 e. The number of nitrogens with one attached hydrogen (secondary N) is 1. The van der Waals surface area contributed by atoms with Crippen molar-refractivity contribution in [2.24, 2.45) is 5.92 Å². The van der Waals surface area contributed by atoms with Crippen molar-refractivity contribution in [2.75, 3.05) is 7.05 Å². The molecule has 2 aliphatic rings. The summed E-state index contributed by atoms with van der Waals surface area (Å²) >= 11 is 0. The molecular weight excluding hydrogens is 214 g/mol. The Bertz CT molecular complexity index is 316. The van der Waals surface area contributed by atoms with E-state index >= 15 is 0 Å². The molecule has 2 bridgehead atoms. The van der Waals surface area contributed by atoms with Gasteiger partial charge in [-0.2, -0.15) is 0 Å². The van der Waals surface area contributed by atoms with Crippen molar-refractivity contribution in [1.29, 1.82) is 0 Å². The molecule has 0 saturated carbocycles. The Hall–Kier alpha value is -1.14. The van der Waals surface area contributed by atoms with Gasteiger partial charge in [0.05, 0.1) is 18.1 Å². The Morgan fingerprint density at radius 2 is 2.19 bits per heavy atom. The zero-order valence-electron chi connectivity index (χ0n) is 9.17. The van der Waals surface area contributed by atoms with E-state index in [9.17, 15) is 14.7 Å². The van der Waals surface area contributed by atoms with Crippen LogP contribution in [-0.2, 0) is 19.1 Å². The third-order valence-corrected chi connectivity index (χ3v) is 3.14. The second-order valence-electron chi connectivity index (χ2n) is 4.16. The van der Waals surface area contributed by atoms with Crippen molar-refractivity contribution in [3.05, 3.63) is 0 Å². The number of fused-ring (bicyclic) bond motifs is 2. The molecule has 0 spiro atoms. The highest BCUT2D eigenvalue weighted by Gasteiger charge is 2.57. The van der Waals surface area contributed by atoms with Crippen LogP contribution < -0.4 is 5.32 Å². The second-order valence-corrected chi connectivity index (χ2v) is 4.16. The van der Waals surface area contributed by atoms with Crippen LogP contribution >= 0.6 is 0 Å². The highest BCUT2D eigenvalue weighted by atomic mass is 16.6. The van der Waals surface area contributed by atoms with Crippen molar-refractivity contribution in [3.63, 3.8) is 0 Å². The van der Waals surface area contributed by atoms with E-state index in [1.807, 2.05) is 0 Å². The molecule has 0 aromatic heterocycles. The maximum absolute atomic E-state index is 11.5. The highest BCUT2D eigenvalue weighted by molar-refractivity contribution is 5.79. The van der Waals surface area contributed by atoms with Gasteiger partial charge in [0.1, 0.15) is 6.10 Å². The number of hydrogen-bond donors (Lipinski definition) is 2. The lowest BCUT2D eigenvalue weighted by molar-refractivity contribution is -0.154. The number of aliphatic hydroxyl groups is 1. The number of carbonyl (C=O) groups excluding carboxylic acids is 2. The van der Waals surface area contributed by atoms with Crippen LogP contribution in [0.1, 0.15) is 13.3 Å². The summed E-state index contributed by atoms with van der Waals surface area (Å²) in [7, 11) is 1.55. The fourth-order valence-electron chi connectivity index (χ4n) is 2.45. The number of esters is 1. The summed E-state index contributed by atoms with van der Waals surface area (Å²) in [4.78, 5) is 22.3. The minimum Gasteiger partial charge on any atom is -0.457 e. The zero-order chi connectivity index (χ0) is 11.9. The zero-order valence-corrected chi connectivity index (χ0v) is 9.17. The van der Waals surface area contributed by atoms with E-state index < -0.39 is 24.3 Å². The van der Waals surface area contributed by atoms with E-state index in [2.05, 4.69) is 5.32 Å². The number of amides is 1. The summed E-state index contributed by atoms with van der Waals surface area (Å²) < 4.78 is 10.4. The van der Waals surface area contributed by atoms with Crippen molar-refractivity contribution >= 4 is 11.9 Å². The molecule has 2 saturated heterocycles. The summed E-state index contributed by atoms with van der Waals surface area (Å²) in [6.45, 7) is 1.29. The monoisotopic (exact) mass is 229 g/mol. The van der Waals surface area contributed by atoms with Gasteiger partial charge in [-0.25, -0.2) is 0 Å². The molecule has 0 aromatic rings. The first kappa shape index (κ1) is 11.3. The van der Waals surface area contributed by atoms with E-state index in [0.29, 0.717) is 6.42 Å². The summed E-state index contributed by atoms with van der Waals surface area (Å²) in [5, 5.41) is 12.4. The Kier molecular flexibility index (Phi) is 2.86. The molecule has 0 aromatic carbocycles. The Morgan fingerprint density at radius 3 is 2.69 bits per heavy atom. The second kappa shape index (κ2) is 4.03. The topological polar surface area (TPSA) is 84.9 Å². The average Bonchev–Trinajstić information content (AvgIpc) is 2.77. The van der Waals surface area contributed by atoms with Crippen LogP contribution in [0.25, 0.3) is 0 Å². The number of aliphatic hydroxyl groups excluding tert-OH is 1. The molecule has 2 aliphatic heterocycles. The lowest BCUT2D eigenvalue weighted by Crippen LogP contribution is -2.47. The summed E-state index contributed by atoms with van der Waals surface area (Å²) in [5.41, 5.74) is 0. The molecule has 6 heteroatoms. The van der Waals surface area contributed by atoms with Gasteiger partial charge in [-0.3, -0.25) is 9.59 Å². The van der Waals surface area contributed by atoms with Crippen LogP contribution in [0.2, 0.25) is 0 Å². The molecule has 5 unspecified atom stereocenters. The van der Waals surface area contributed by atoms with Gasteiger partial charge in [-0.15, -0.1) is 0 Å². The molecule has 0 aliphatic carbocycles. The first-order chi connectivity index (χ1) is 7.54. The minimum atomic E-state index is -0.912. The fourth-order valence-corrected chi connectivity index (χ4v) is 2.45. The molecule has 1 amide bonds. The number of ether oxygens (including phenoxy) is 2. The Balaban J connectivity index is 2.05. The van der Waals surface area contributed by atoms with Crippen LogP contribution in [0.3, 0.4) is 0 Å². The smallest absolute Gasteiger partial charge is 0.303 e. The summed E-state index contributed by atoms with van der Waals surface area (Å²) in [5.74, 6) is -0.943. The lowest BCUT2D eigenvalue weighted by Gasteiger charge is -2.27. The van der Waals surface area contributed by atoms with Gasteiger partial charge in [-0.05, 0) is 6.42 Å². The van der Waals surface area contributed by atoms with Crippen molar-refractivity contribution < 1.29 is 24.2 Å². The van der Waals surface area contributed by atoms with Crippen LogP contribution in [0.15, 0.2) is 0 Å². The molecule has 2 N–H and O–H groups in total. The number of carbonyl (C=O) groups is 2. The van der Waals surface area contributed by atoms with Gasteiger partial charge < -0.3 is 19.9 Å². The van der Waals surface area contributed by atoms with Crippen molar-refractivity contribution in [1.82, 2.24) is 5.32 Å². The first-order valence-corrected chi connectivity index (χ1v) is 5.27. The predicted octanol–water partition coefficient (Wildman–Crippen LogP) is -1.19. The normalized spacial score (nSPS) is 40.8. The summed E-state index contributed by atoms with van der Waals surface area (Å²) in [6, 6.07) is 0. The van der Waals surface area contributed by atoms with E-state index in [-0.39, 0.29) is 17.9 Å². The third kappa shape index (κ3) is 1.68. The van der Waals surface area contributed by atoms with Gasteiger partial charge >= 0.3 is 5.97 Å². The van der Waals surface area contributed by atoms with Crippen molar-refractivity contribution in [3.8, 4) is 0 Å². The number of hydrogen-bond acceptors (Lipinski definition) is 5. The molecule has 2 fully saturated rings. The molecule has 16 heavy (non-hydrogen) atoms. The van der Waals surface area contributed by atoms with Crippen LogP contribution in [0.5, 0.6) is 0 Å². The molecule has 90 valence electrons. The lowest BCUT2D eigenvalue weighted by atomic mass is 9.84. The molecule has 5 atom stereocenters. The molecular formula is C10H15NO5. The van der Waals surface area contributed by atoms with Crippen LogP contribution in [0, 0.1) is 5.92 Å². The van der Waals surface area contributed by atoms with E-state index in [1.165, 1.54) is 6.92 Å². The minimum absolute atomic E-state index is 0.146. The molecule has 2 heterocycles. The SMILES string of the molecule is CNC(=O)C1CC2OC1C(O)C2OC(C)=O. The van der Waals surface area contributed by atoms with Gasteiger partial charge in [0, 0.05) is 14.0 Å². The molecule has 6 nitrogen and oxygen atoms in total.